The van der Waals surface area contributed by atoms with Crippen molar-refractivity contribution in [2.24, 2.45) is 10.9 Å². The highest BCUT2D eigenvalue weighted by molar-refractivity contribution is 14.0. The smallest absolute Gasteiger partial charge is 0.310 e. The molecular weight excluding hydrogens is 533 g/mol. The summed E-state index contributed by atoms with van der Waals surface area (Å²) in [6, 6.07) is 8.46. The molecule has 2 heterocycles. The SMILES string of the molecule is CCNC(=NCC1(c2ccc(OCC)cc2)CCOCC1)N1CCCC(C(=O)OCC)C1.I. The highest BCUT2D eigenvalue weighted by Crippen LogP contribution is 2.36. The molecule has 7 nitrogen and oxygen atoms in total. The topological polar surface area (TPSA) is 72.4 Å². The van der Waals surface area contributed by atoms with Crippen LogP contribution < -0.4 is 10.1 Å². The summed E-state index contributed by atoms with van der Waals surface area (Å²) in [5, 5.41) is 3.45. The quantitative estimate of drug-likeness (QED) is 0.220. The lowest BCUT2D eigenvalue weighted by Crippen LogP contribution is -2.49. The van der Waals surface area contributed by atoms with Gasteiger partial charge in [0.2, 0.25) is 0 Å². The molecule has 0 bridgehead atoms. The third-order valence-electron chi connectivity index (χ3n) is 6.43. The molecular formula is C25H40IN3O4. The zero-order chi connectivity index (χ0) is 22.8. The van der Waals surface area contributed by atoms with Crippen LogP contribution in [0.1, 0.15) is 52.0 Å². The van der Waals surface area contributed by atoms with Crippen LogP contribution in [0.15, 0.2) is 29.3 Å². The Kier molecular flexibility index (Phi) is 11.7. The van der Waals surface area contributed by atoms with Crippen LogP contribution in [0.2, 0.25) is 0 Å². The van der Waals surface area contributed by atoms with Crippen molar-refractivity contribution in [2.75, 3.05) is 52.6 Å². The number of aliphatic imine (C=N–C) groups is 1. The van der Waals surface area contributed by atoms with E-state index in [1.807, 2.05) is 13.8 Å². The number of likely N-dealkylation sites (tertiary alicyclic amines) is 1. The van der Waals surface area contributed by atoms with E-state index in [1.54, 1.807) is 0 Å². The van der Waals surface area contributed by atoms with Crippen LogP contribution in [0.25, 0.3) is 0 Å². The maximum absolute atomic E-state index is 12.3. The number of benzene rings is 1. The van der Waals surface area contributed by atoms with Crippen LogP contribution in [0.4, 0.5) is 0 Å². The number of rotatable bonds is 8. The third kappa shape index (κ3) is 7.47. The summed E-state index contributed by atoms with van der Waals surface area (Å²) in [6.45, 7) is 11.6. The zero-order valence-corrected chi connectivity index (χ0v) is 22.6. The molecule has 2 aliphatic heterocycles. The first-order valence-corrected chi connectivity index (χ1v) is 12.1. The van der Waals surface area contributed by atoms with Gasteiger partial charge in [-0.25, -0.2) is 0 Å². The predicted octanol–water partition coefficient (Wildman–Crippen LogP) is 3.99. The number of hydrogen-bond donors (Lipinski definition) is 1. The van der Waals surface area contributed by atoms with Gasteiger partial charge in [0.15, 0.2) is 5.96 Å². The summed E-state index contributed by atoms with van der Waals surface area (Å²) >= 11 is 0. The average molecular weight is 574 g/mol. The van der Waals surface area contributed by atoms with Crippen molar-refractivity contribution < 1.29 is 19.0 Å². The van der Waals surface area contributed by atoms with E-state index < -0.39 is 0 Å². The minimum Gasteiger partial charge on any atom is -0.494 e. The molecule has 1 aromatic carbocycles. The molecule has 186 valence electrons. The van der Waals surface area contributed by atoms with E-state index in [1.165, 1.54) is 5.56 Å². The summed E-state index contributed by atoms with van der Waals surface area (Å²) < 4.78 is 16.6. The number of hydrogen-bond acceptors (Lipinski definition) is 5. The summed E-state index contributed by atoms with van der Waals surface area (Å²) in [5.41, 5.74) is 1.23. The fraction of sp³-hybridized carbons (Fsp3) is 0.680. The lowest BCUT2D eigenvalue weighted by Gasteiger charge is -2.38. The Labute approximate surface area is 215 Å². The second-order valence-electron chi connectivity index (χ2n) is 8.56. The van der Waals surface area contributed by atoms with Crippen molar-refractivity contribution in [1.29, 1.82) is 0 Å². The van der Waals surface area contributed by atoms with E-state index in [4.69, 9.17) is 19.2 Å². The molecule has 0 saturated carbocycles. The molecule has 2 aliphatic rings. The number of carbonyl (C=O) groups excluding carboxylic acids is 1. The Morgan fingerprint density at radius 2 is 1.91 bits per heavy atom. The van der Waals surface area contributed by atoms with Crippen LogP contribution >= 0.6 is 24.0 Å². The number of piperidine rings is 1. The summed E-state index contributed by atoms with van der Waals surface area (Å²) in [6.07, 6.45) is 3.72. The highest BCUT2D eigenvalue weighted by atomic mass is 127. The van der Waals surface area contributed by atoms with Gasteiger partial charge < -0.3 is 24.4 Å². The van der Waals surface area contributed by atoms with Crippen molar-refractivity contribution in [1.82, 2.24) is 10.2 Å². The molecule has 1 N–H and O–H groups in total. The van der Waals surface area contributed by atoms with E-state index in [-0.39, 0.29) is 41.3 Å². The number of carbonyl (C=O) groups is 1. The van der Waals surface area contributed by atoms with E-state index in [0.29, 0.717) is 26.3 Å². The lowest BCUT2D eigenvalue weighted by molar-refractivity contribution is -0.149. The number of ether oxygens (including phenoxy) is 3. The van der Waals surface area contributed by atoms with Crippen molar-refractivity contribution in [3.63, 3.8) is 0 Å². The first-order chi connectivity index (χ1) is 15.6. The van der Waals surface area contributed by atoms with E-state index in [0.717, 1.165) is 63.7 Å². The molecule has 0 radical (unpaired) electrons. The summed E-state index contributed by atoms with van der Waals surface area (Å²) in [5.74, 6) is 1.60. The van der Waals surface area contributed by atoms with Crippen molar-refractivity contribution in [2.45, 2.75) is 51.9 Å². The lowest BCUT2D eigenvalue weighted by atomic mass is 9.74. The fourth-order valence-corrected chi connectivity index (χ4v) is 4.65. The number of nitrogens with one attached hydrogen (secondary N) is 1. The minimum atomic E-state index is -0.0941. The van der Waals surface area contributed by atoms with Gasteiger partial charge in [0.05, 0.1) is 25.7 Å². The van der Waals surface area contributed by atoms with Crippen LogP contribution in [0.3, 0.4) is 0 Å². The molecule has 33 heavy (non-hydrogen) atoms. The van der Waals surface area contributed by atoms with Gasteiger partial charge in [-0.05, 0) is 64.2 Å². The Morgan fingerprint density at radius 1 is 1.18 bits per heavy atom. The monoisotopic (exact) mass is 573 g/mol. The summed E-state index contributed by atoms with van der Waals surface area (Å²) in [7, 11) is 0. The predicted molar refractivity (Wildman–Crippen MR) is 142 cm³/mol. The number of nitrogens with zero attached hydrogens (tertiary/aromatic N) is 2. The van der Waals surface area contributed by atoms with Gasteiger partial charge in [-0.3, -0.25) is 9.79 Å². The van der Waals surface area contributed by atoms with Crippen molar-refractivity contribution in [3.05, 3.63) is 29.8 Å². The number of guanidine groups is 1. The molecule has 0 spiro atoms. The molecule has 1 aromatic rings. The zero-order valence-electron chi connectivity index (χ0n) is 20.3. The van der Waals surface area contributed by atoms with Crippen molar-refractivity contribution >= 4 is 35.9 Å². The van der Waals surface area contributed by atoms with Gasteiger partial charge in [-0.15, -0.1) is 24.0 Å². The second-order valence-corrected chi connectivity index (χ2v) is 8.56. The molecule has 3 rings (SSSR count). The number of halogens is 1. The molecule has 1 atom stereocenters. The van der Waals surface area contributed by atoms with E-state index in [2.05, 4.69) is 41.4 Å². The van der Waals surface area contributed by atoms with Gasteiger partial charge in [0.25, 0.3) is 0 Å². The van der Waals surface area contributed by atoms with Crippen LogP contribution in [0, 0.1) is 5.92 Å². The van der Waals surface area contributed by atoms with Gasteiger partial charge in [0.1, 0.15) is 5.75 Å². The van der Waals surface area contributed by atoms with Gasteiger partial charge in [-0.2, -0.15) is 0 Å². The largest absolute Gasteiger partial charge is 0.494 e. The molecule has 8 heteroatoms. The Hall–Kier alpha value is -1.55. The average Bonchev–Trinajstić information content (AvgIpc) is 2.83. The van der Waals surface area contributed by atoms with Gasteiger partial charge in [-0.1, -0.05) is 12.1 Å². The Balaban J connectivity index is 0.00000385. The maximum Gasteiger partial charge on any atom is 0.310 e. The van der Waals surface area contributed by atoms with Crippen LogP contribution in [-0.2, 0) is 19.7 Å². The normalized spacial score (nSPS) is 20.5. The van der Waals surface area contributed by atoms with Crippen LogP contribution in [-0.4, -0.2) is 69.4 Å². The Bertz CT molecular complexity index is 751. The highest BCUT2D eigenvalue weighted by Gasteiger charge is 2.35. The van der Waals surface area contributed by atoms with E-state index >= 15 is 0 Å². The first kappa shape index (κ1) is 27.7. The second kappa shape index (κ2) is 14.0. The first-order valence-electron chi connectivity index (χ1n) is 12.1. The summed E-state index contributed by atoms with van der Waals surface area (Å²) in [4.78, 5) is 19.6. The van der Waals surface area contributed by atoms with Gasteiger partial charge in [0, 0.05) is 38.3 Å². The minimum absolute atomic E-state index is 0. The third-order valence-corrected chi connectivity index (χ3v) is 6.43. The Morgan fingerprint density at radius 3 is 2.55 bits per heavy atom. The molecule has 0 amide bonds. The van der Waals surface area contributed by atoms with Crippen LogP contribution in [0.5, 0.6) is 5.75 Å². The van der Waals surface area contributed by atoms with E-state index in [9.17, 15) is 4.79 Å². The molecule has 0 aromatic heterocycles. The molecule has 2 fully saturated rings. The standard InChI is InChI=1S/C25H39N3O4.HI/c1-4-26-24(28-15-7-8-20(18-28)23(29)32-6-3)27-19-25(13-16-30-17-14-25)21-9-11-22(12-10-21)31-5-2;/h9-12,20H,4-8,13-19H2,1-3H3,(H,26,27);1H. The molecule has 1 unspecified atom stereocenters. The van der Waals surface area contributed by atoms with Crippen molar-refractivity contribution in [3.8, 4) is 5.75 Å². The maximum atomic E-state index is 12.3. The molecule has 2 saturated heterocycles. The van der Waals surface area contributed by atoms with Gasteiger partial charge >= 0.3 is 5.97 Å². The fourth-order valence-electron chi connectivity index (χ4n) is 4.65. The number of esters is 1. The molecule has 0 aliphatic carbocycles.